The number of para-hydroxylation sites is 1. The SMILES string of the molecule is N#C/C(=C(/O)CSc1ncnc2scc(-c3ccc(Cl)cc3)c12)c1nc2ccccc2s1. The molecule has 5 rings (SSSR count). The topological polar surface area (TPSA) is 82.7 Å². The molecule has 0 fully saturated rings. The Morgan fingerprint density at radius 1 is 1.12 bits per heavy atom. The fourth-order valence-corrected chi connectivity index (χ4v) is 6.20. The van der Waals surface area contributed by atoms with Crippen molar-refractivity contribution in [3.05, 3.63) is 76.0 Å². The summed E-state index contributed by atoms with van der Waals surface area (Å²) in [5.74, 6) is 0.174. The second kappa shape index (κ2) is 8.88. The number of allylic oxidation sites excluding steroid dienone is 1. The maximum Gasteiger partial charge on any atom is 0.138 e. The minimum absolute atomic E-state index is 0.0217. The molecular weight excluding hydrogens is 480 g/mol. The van der Waals surface area contributed by atoms with E-state index in [1.165, 1.54) is 40.8 Å². The lowest BCUT2D eigenvalue weighted by Crippen LogP contribution is -1.94. The molecule has 0 aliphatic heterocycles. The van der Waals surface area contributed by atoms with Gasteiger partial charge in [-0.1, -0.05) is 47.6 Å². The number of aliphatic hydroxyl groups excluding tert-OH is 1. The van der Waals surface area contributed by atoms with E-state index in [9.17, 15) is 10.4 Å². The number of halogens is 1. The first-order chi connectivity index (χ1) is 15.6. The zero-order valence-electron chi connectivity index (χ0n) is 16.3. The van der Waals surface area contributed by atoms with Crippen LogP contribution < -0.4 is 0 Å². The van der Waals surface area contributed by atoms with Crippen LogP contribution in [0.5, 0.6) is 0 Å². The largest absolute Gasteiger partial charge is 0.510 e. The van der Waals surface area contributed by atoms with E-state index in [0.717, 1.165) is 36.6 Å². The van der Waals surface area contributed by atoms with E-state index in [1.807, 2.05) is 53.9 Å². The second-order valence-electron chi connectivity index (χ2n) is 6.72. The molecule has 0 atom stereocenters. The summed E-state index contributed by atoms with van der Waals surface area (Å²) < 4.78 is 0.971. The minimum Gasteiger partial charge on any atom is -0.510 e. The van der Waals surface area contributed by atoms with Crippen molar-refractivity contribution in [1.29, 1.82) is 5.26 Å². The fourth-order valence-electron chi connectivity index (χ4n) is 3.22. The summed E-state index contributed by atoms with van der Waals surface area (Å²) in [5.41, 5.74) is 3.03. The lowest BCUT2D eigenvalue weighted by Gasteiger charge is -2.06. The van der Waals surface area contributed by atoms with Gasteiger partial charge >= 0.3 is 0 Å². The number of thiophene rings is 1. The number of nitrogens with zero attached hydrogens (tertiary/aromatic N) is 4. The van der Waals surface area contributed by atoms with Crippen LogP contribution in [-0.4, -0.2) is 25.8 Å². The standard InChI is InChI=1S/C23H13ClN4OS3/c24-14-7-5-13(6-8-14)16-10-30-22-20(16)23(27-12-26-22)31-11-18(29)15(9-25)21-28-17-3-1-2-4-19(17)32-21/h1-8,10,12,29H,11H2/b18-15-. The van der Waals surface area contributed by atoms with Crippen LogP contribution in [0.2, 0.25) is 5.02 Å². The van der Waals surface area contributed by atoms with Gasteiger partial charge in [0.1, 0.15) is 38.6 Å². The highest BCUT2D eigenvalue weighted by molar-refractivity contribution is 7.99. The van der Waals surface area contributed by atoms with Crippen LogP contribution in [0.25, 0.3) is 37.1 Å². The first-order valence-electron chi connectivity index (χ1n) is 9.43. The Labute approximate surface area is 200 Å². The highest BCUT2D eigenvalue weighted by atomic mass is 35.5. The molecule has 2 aromatic carbocycles. The van der Waals surface area contributed by atoms with Crippen molar-refractivity contribution in [3.63, 3.8) is 0 Å². The smallest absolute Gasteiger partial charge is 0.138 e. The van der Waals surface area contributed by atoms with Crippen LogP contribution in [-0.2, 0) is 0 Å². The fraction of sp³-hybridized carbons (Fsp3) is 0.0435. The molecule has 0 saturated heterocycles. The van der Waals surface area contributed by atoms with Gasteiger partial charge in [0.15, 0.2) is 0 Å². The van der Waals surface area contributed by atoms with Gasteiger partial charge in [-0.05, 0) is 29.8 Å². The molecule has 32 heavy (non-hydrogen) atoms. The molecule has 1 N–H and O–H groups in total. The first kappa shape index (κ1) is 20.9. The number of thiazole rings is 1. The van der Waals surface area contributed by atoms with Gasteiger partial charge in [-0.3, -0.25) is 0 Å². The summed E-state index contributed by atoms with van der Waals surface area (Å²) in [6, 6.07) is 17.4. The maximum atomic E-state index is 10.7. The van der Waals surface area contributed by atoms with Gasteiger partial charge in [0.2, 0.25) is 0 Å². The van der Waals surface area contributed by atoms with Crippen LogP contribution in [0.3, 0.4) is 0 Å². The molecule has 3 aromatic heterocycles. The van der Waals surface area contributed by atoms with Crippen LogP contribution in [0.1, 0.15) is 5.01 Å². The van der Waals surface area contributed by atoms with E-state index in [1.54, 1.807) is 0 Å². The van der Waals surface area contributed by atoms with Crippen LogP contribution in [0, 0.1) is 11.3 Å². The van der Waals surface area contributed by atoms with E-state index in [-0.39, 0.29) is 17.1 Å². The van der Waals surface area contributed by atoms with Gasteiger partial charge in [0.25, 0.3) is 0 Å². The highest BCUT2D eigenvalue weighted by Gasteiger charge is 2.17. The lowest BCUT2D eigenvalue weighted by molar-refractivity contribution is 0.421. The predicted octanol–water partition coefficient (Wildman–Crippen LogP) is 7.21. The van der Waals surface area contributed by atoms with Crippen molar-refractivity contribution >= 4 is 72.0 Å². The van der Waals surface area contributed by atoms with Crippen LogP contribution in [0.4, 0.5) is 0 Å². The molecule has 0 spiro atoms. The number of rotatable bonds is 5. The van der Waals surface area contributed by atoms with Crippen molar-refractivity contribution < 1.29 is 5.11 Å². The van der Waals surface area contributed by atoms with Gasteiger partial charge in [-0.25, -0.2) is 15.0 Å². The molecule has 0 unspecified atom stereocenters. The molecule has 0 aliphatic carbocycles. The molecule has 3 heterocycles. The highest BCUT2D eigenvalue weighted by Crippen LogP contribution is 2.39. The minimum atomic E-state index is -0.0217. The van der Waals surface area contributed by atoms with Crippen molar-refractivity contribution in [2.75, 3.05) is 5.75 Å². The van der Waals surface area contributed by atoms with E-state index in [4.69, 9.17) is 11.6 Å². The Bertz CT molecular complexity index is 1480. The molecule has 0 aliphatic rings. The Hall–Kier alpha value is -2.96. The van der Waals surface area contributed by atoms with Crippen molar-refractivity contribution in [3.8, 4) is 17.2 Å². The van der Waals surface area contributed by atoms with E-state index < -0.39 is 0 Å². The van der Waals surface area contributed by atoms with Crippen LogP contribution in [0.15, 0.2) is 71.0 Å². The number of thioether (sulfide) groups is 1. The molecular formula is C23H13ClN4OS3. The summed E-state index contributed by atoms with van der Waals surface area (Å²) in [6.45, 7) is 0. The number of hydrogen-bond donors (Lipinski definition) is 1. The van der Waals surface area contributed by atoms with E-state index >= 15 is 0 Å². The van der Waals surface area contributed by atoms with Crippen molar-refractivity contribution in [2.45, 2.75) is 5.03 Å². The summed E-state index contributed by atoms with van der Waals surface area (Å²) in [6.07, 6.45) is 1.52. The maximum absolute atomic E-state index is 10.7. The number of aromatic nitrogens is 3. The number of aliphatic hydroxyl groups is 1. The Balaban J connectivity index is 1.48. The molecule has 0 amide bonds. The predicted molar refractivity (Wildman–Crippen MR) is 133 cm³/mol. The Morgan fingerprint density at radius 3 is 2.72 bits per heavy atom. The number of benzene rings is 2. The summed E-state index contributed by atoms with van der Waals surface area (Å²) >= 11 is 10.3. The van der Waals surface area contributed by atoms with E-state index in [2.05, 4.69) is 21.0 Å². The average Bonchev–Trinajstić information content (AvgIpc) is 3.43. The van der Waals surface area contributed by atoms with Crippen molar-refractivity contribution in [2.24, 2.45) is 0 Å². The molecule has 5 nitrogen and oxygen atoms in total. The first-order valence-corrected chi connectivity index (χ1v) is 12.5. The number of hydrogen-bond acceptors (Lipinski definition) is 8. The molecule has 0 bridgehead atoms. The van der Waals surface area contributed by atoms with Gasteiger partial charge in [-0.2, -0.15) is 5.26 Å². The molecule has 0 radical (unpaired) electrons. The monoisotopic (exact) mass is 492 g/mol. The second-order valence-corrected chi connectivity index (χ2v) is 10.0. The summed E-state index contributed by atoms with van der Waals surface area (Å²) in [5, 5.41) is 25.3. The van der Waals surface area contributed by atoms with Crippen molar-refractivity contribution in [1.82, 2.24) is 15.0 Å². The third kappa shape index (κ3) is 3.96. The quantitative estimate of drug-likeness (QED) is 0.121. The summed E-state index contributed by atoms with van der Waals surface area (Å²) in [7, 11) is 0. The zero-order valence-corrected chi connectivity index (χ0v) is 19.5. The van der Waals surface area contributed by atoms with E-state index in [0.29, 0.717) is 10.0 Å². The third-order valence-electron chi connectivity index (χ3n) is 4.74. The van der Waals surface area contributed by atoms with Crippen LogP contribution >= 0.6 is 46.0 Å². The Morgan fingerprint density at radius 2 is 1.94 bits per heavy atom. The molecule has 156 valence electrons. The van der Waals surface area contributed by atoms with Gasteiger partial charge in [0.05, 0.1) is 21.4 Å². The van der Waals surface area contributed by atoms with Gasteiger partial charge < -0.3 is 5.11 Å². The normalized spacial score (nSPS) is 12.1. The summed E-state index contributed by atoms with van der Waals surface area (Å²) in [4.78, 5) is 14.2. The molecule has 5 aromatic rings. The number of fused-ring (bicyclic) bond motifs is 2. The molecule has 9 heteroatoms. The zero-order chi connectivity index (χ0) is 22.1. The third-order valence-corrected chi connectivity index (χ3v) is 7.94. The lowest BCUT2D eigenvalue weighted by atomic mass is 10.1. The van der Waals surface area contributed by atoms with Gasteiger partial charge in [-0.15, -0.1) is 22.7 Å². The van der Waals surface area contributed by atoms with Gasteiger partial charge in [0, 0.05) is 16.0 Å². The number of nitriles is 1. The Kier molecular flexibility index (Phi) is 5.81. The average molecular weight is 493 g/mol. The molecule has 0 saturated carbocycles.